The van der Waals surface area contributed by atoms with Gasteiger partial charge in [-0.05, 0) is 37.3 Å². The molecule has 2 unspecified atom stereocenters. The van der Waals surface area contributed by atoms with Crippen molar-refractivity contribution in [3.05, 3.63) is 29.8 Å². The molecule has 0 bridgehead atoms. The van der Waals surface area contributed by atoms with Crippen LogP contribution in [0, 0.1) is 5.92 Å². The summed E-state index contributed by atoms with van der Waals surface area (Å²) in [6.45, 7) is 0.283. The highest BCUT2D eigenvalue weighted by Gasteiger charge is 2.34. The van der Waals surface area contributed by atoms with Crippen LogP contribution in [0.25, 0.3) is 0 Å². The van der Waals surface area contributed by atoms with E-state index >= 15 is 0 Å². The Labute approximate surface area is 110 Å². The maximum atomic E-state index is 12.7. The summed E-state index contributed by atoms with van der Waals surface area (Å²) in [5.74, 6) is 0.277. The molecule has 19 heavy (non-hydrogen) atoms. The molecular weight excluding hydrogens is 255 g/mol. The average Bonchev–Trinajstić information content (AvgIpc) is 2.75. The fourth-order valence-electron chi connectivity index (χ4n) is 2.57. The smallest absolute Gasteiger partial charge is 0.419 e. The fourth-order valence-corrected chi connectivity index (χ4v) is 2.57. The molecule has 1 aliphatic rings. The lowest BCUT2D eigenvalue weighted by Gasteiger charge is -2.17. The number of hydrogen-bond donors (Lipinski definition) is 1. The molecule has 0 spiro atoms. The van der Waals surface area contributed by atoms with Crippen molar-refractivity contribution < 1.29 is 17.9 Å². The molecule has 0 amide bonds. The third-order valence-corrected chi connectivity index (χ3v) is 3.66. The number of alkyl halides is 3. The lowest BCUT2D eigenvalue weighted by atomic mass is 10.0. The van der Waals surface area contributed by atoms with Crippen LogP contribution >= 0.6 is 0 Å². The van der Waals surface area contributed by atoms with Crippen molar-refractivity contribution >= 4 is 0 Å². The molecule has 1 aliphatic carbocycles. The minimum atomic E-state index is -4.37. The topological polar surface area (TPSA) is 35.2 Å². The highest BCUT2D eigenvalue weighted by atomic mass is 19.4. The Hall–Kier alpha value is -1.23. The summed E-state index contributed by atoms with van der Waals surface area (Å²) in [4.78, 5) is 0. The molecule has 2 atom stereocenters. The first-order valence-corrected chi connectivity index (χ1v) is 6.53. The molecule has 1 fully saturated rings. The van der Waals surface area contributed by atoms with E-state index in [0.29, 0.717) is 12.3 Å². The van der Waals surface area contributed by atoms with Crippen LogP contribution in [0.3, 0.4) is 0 Å². The van der Waals surface area contributed by atoms with Crippen LogP contribution in [0.15, 0.2) is 24.3 Å². The second-order valence-electron chi connectivity index (χ2n) is 4.99. The molecule has 0 aromatic heterocycles. The van der Waals surface area contributed by atoms with Crippen molar-refractivity contribution in [3.8, 4) is 5.75 Å². The van der Waals surface area contributed by atoms with E-state index in [9.17, 15) is 13.2 Å². The summed E-state index contributed by atoms with van der Waals surface area (Å²) >= 11 is 0. The highest BCUT2D eigenvalue weighted by molar-refractivity contribution is 5.35. The lowest BCUT2D eigenvalue weighted by molar-refractivity contribution is -0.139. The predicted molar refractivity (Wildman–Crippen MR) is 66.9 cm³/mol. The molecule has 2 nitrogen and oxygen atoms in total. The maximum absolute atomic E-state index is 12.7. The standard InChI is InChI=1S/C14H18F3NO/c15-14(16,17)11-5-1-2-7-13(11)19-9-8-10-4-3-6-12(10)18/h1-2,5,7,10,12H,3-4,6,8-9,18H2. The molecule has 0 heterocycles. The number of benzene rings is 1. The number of nitrogens with two attached hydrogens (primary N) is 1. The molecule has 1 aromatic carbocycles. The summed E-state index contributed by atoms with van der Waals surface area (Å²) in [5.41, 5.74) is 5.21. The zero-order chi connectivity index (χ0) is 13.9. The van der Waals surface area contributed by atoms with Gasteiger partial charge in [-0.1, -0.05) is 18.6 Å². The van der Waals surface area contributed by atoms with Gasteiger partial charge in [0.15, 0.2) is 0 Å². The van der Waals surface area contributed by atoms with Crippen LogP contribution in [0.2, 0.25) is 0 Å². The first-order valence-electron chi connectivity index (χ1n) is 6.53. The molecule has 1 saturated carbocycles. The van der Waals surface area contributed by atoms with Crippen LogP contribution in [-0.2, 0) is 6.18 Å². The first kappa shape index (κ1) is 14.2. The highest BCUT2D eigenvalue weighted by Crippen LogP contribution is 2.36. The Morgan fingerprint density at radius 2 is 1.95 bits per heavy atom. The molecular formula is C14H18F3NO. The van der Waals surface area contributed by atoms with E-state index in [1.165, 1.54) is 12.1 Å². The third kappa shape index (κ3) is 3.62. The summed E-state index contributed by atoms with van der Waals surface area (Å²) < 4.78 is 43.5. The summed E-state index contributed by atoms with van der Waals surface area (Å²) in [6.07, 6.45) is -0.506. The van der Waals surface area contributed by atoms with Gasteiger partial charge in [-0.2, -0.15) is 13.2 Å². The molecule has 106 valence electrons. The van der Waals surface area contributed by atoms with E-state index in [0.717, 1.165) is 25.3 Å². The molecule has 0 saturated heterocycles. The van der Waals surface area contributed by atoms with Gasteiger partial charge in [0.25, 0.3) is 0 Å². The molecule has 0 aliphatic heterocycles. The van der Waals surface area contributed by atoms with E-state index < -0.39 is 11.7 Å². The van der Waals surface area contributed by atoms with Gasteiger partial charge in [-0.15, -0.1) is 0 Å². The van der Waals surface area contributed by atoms with Gasteiger partial charge in [0.2, 0.25) is 0 Å². The van der Waals surface area contributed by atoms with Crippen LogP contribution < -0.4 is 10.5 Å². The van der Waals surface area contributed by atoms with Gasteiger partial charge in [-0.25, -0.2) is 0 Å². The fraction of sp³-hybridized carbons (Fsp3) is 0.571. The minimum Gasteiger partial charge on any atom is -0.493 e. The van der Waals surface area contributed by atoms with E-state index in [1.807, 2.05) is 0 Å². The zero-order valence-electron chi connectivity index (χ0n) is 10.6. The van der Waals surface area contributed by atoms with Crippen molar-refractivity contribution in [2.75, 3.05) is 6.61 Å². The van der Waals surface area contributed by atoms with Crippen molar-refractivity contribution in [1.82, 2.24) is 0 Å². The van der Waals surface area contributed by atoms with Crippen LogP contribution in [-0.4, -0.2) is 12.6 Å². The van der Waals surface area contributed by atoms with E-state index in [4.69, 9.17) is 10.5 Å². The predicted octanol–water partition coefficient (Wildman–Crippen LogP) is 3.60. The van der Waals surface area contributed by atoms with Gasteiger partial charge in [0, 0.05) is 6.04 Å². The van der Waals surface area contributed by atoms with Crippen LogP contribution in [0.4, 0.5) is 13.2 Å². The summed E-state index contributed by atoms with van der Waals surface area (Å²) in [6, 6.07) is 5.48. The Bertz CT molecular complexity index is 419. The number of halogens is 3. The molecule has 2 rings (SSSR count). The molecule has 0 radical (unpaired) electrons. The summed E-state index contributed by atoms with van der Waals surface area (Å²) in [7, 11) is 0. The molecule has 1 aromatic rings. The Morgan fingerprint density at radius 3 is 2.58 bits per heavy atom. The Kier molecular flexibility index (Phi) is 4.34. The van der Waals surface area contributed by atoms with E-state index in [-0.39, 0.29) is 18.4 Å². The Balaban J connectivity index is 1.92. The van der Waals surface area contributed by atoms with Crippen LogP contribution in [0.5, 0.6) is 5.75 Å². The van der Waals surface area contributed by atoms with Crippen molar-refractivity contribution in [2.24, 2.45) is 11.7 Å². The number of para-hydroxylation sites is 1. The summed E-state index contributed by atoms with van der Waals surface area (Å²) in [5, 5.41) is 0. The maximum Gasteiger partial charge on any atom is 0.419 e. The number of rotatable bonds is 4. The van der Waals surface area contributed by atoms with E-state index in [2.05, 4.69) is 0 Å². The Morgan fingerprint density at radius 1 is 1.21 bits per heavy atom. The average molecular weight is 273 g/mol. The second kappa shape index (κ2) is 5.82. The van der Waals surface area contributed by atoms with Gasteiger partial charge in [-0.3, -0.25) is 0 Å². The number of hydrogen-bond acceptors (Lipinski definition) is 2. The lowest BCUT2D eigenvalue weighted by Crippen LogP contribution is -2.25. The van der Waals surface area contributed by atoms with Gasteiger partial charge in [0.1, 0.15) is 5.75 Å². The van der Waals surface area contributed by atoms with E-state index in [1.54, 1.807) is 6.07 Å². The van der Waals surface area contributed by atoms with Gasteiger partial charge in [0.05, 0.1) is 12.2 Å². The molecule has 2 N–H and O–H groups in total. The quantitative estimate of drug-likeness (QED) is 0.909. The molecule has 5 heteroatoms. The minimum absolute atomic E-state index is 0.0958. The third-order valence-electron chi connectivity index (χ3n) is 3.66. The first-order chi connectivity index (χ1) is 8.98. The van der Waals surface area contributed by atoms with Gasteiger partial charge < -0.3 is 10.5 Å². The van der Waals surface area contributed by atoms with Crippen LogP contribution in [0.1, 0.15) is 31.2 Å². The van der Waals surface area contributed by atoms with Gasteiger partial charge >= 0.3 is 6.18 Å². The normalized spacial score (nSPS) is 23.6. The van der Waals surface area contributed by atoms with Crippen molar-refractivity contribution in [1.29, 1.82) is 0 Å². The zero-order valence-corrected chi connectivity index (χ0v) is 10.6. The largest absolute Gasteiger partial charge is 0.493 e. The number of ether oxygens (including phenoxy) is 1. The second-order valence-corrected chi connectivity index (χ2v) is 4.99. The van der Waals surface area contributed by atoms with Crippen molar-refractivity contribution in [3.63, 3.8) is 0 Å². The monoisotopic (exact) mass is 273 g/mol. The SMILES string of the molecule is NC1CCCC1CCOc1ccccc1C(F)(F)F. The van der Waals surface area contributed by atoms with Crippen molar-refractivity contribution in [2.45, 2.75) is 37.9 Å².